The zero-order chi connectivity index (χ0) is 13.7. The third-order valence-corrected chi connectivity index (χ3v) is 2.89. The summed E-state index contributed by atoms with van der Waals surface area (Å²) in [4.78, 5) is 4.30. The number of nitrogens with one attached hydrogen (secondary N) is 1. The van der Waals surface area contributed by atoms with Crippen LogP contribution in [0.15, 0.2) is 36.5 Å². The molecule has 0 aliphatic carbocycles. The Balaban J connectivity index is 2.15. The van der Waals surface area contributed by atoms with Crippen molar-refractivity contribution in [1.29, 1.82) is 0 Å². The summed E-state index contributed by atoms with van der Waals surface area (Å²) in [5.74, 6) is 1.31. The van der Waals surface area contributed by atoms with Crippen molar-refractivity contribution in [3.63, 3.8) is 0 Å². The van der Waals surface area contributed by atoms with Crippen LogP contribution in [0.3, 0.4) is 0 Å². The second-order valence-corrected chi connectivity index (χ2v) is 4.29. The molecule has 1 aromatic heterocycles. The largest absolute Gasteiger partial charge is 0.493 e. The molecule has 0 spiro atoms. The molecule has 1 aromatic carbocycles. The Morgan fingerprint density at radius 2 is 2.05 bits per heavy atom. The molecule has 0 aliphatic rings. The van der Waals surface area contributed by atoms with E-state index in [1.807, 2.05) is 24.3 Å². The summed E-state index contributed by atoms with van der Waals surface area (Å²) in [5.41, 5.74) is 1.71. The van der Waals surface area contributed by atoms with E-state index in [1.165, 1.54) is 0 Å². The zero-order valence-corrected chi connectivity index (χ0v) is 11.6. The van der Waals surface area contributed by atoms with E-state index in [1.54, 1.807) is 26.5 Å². The topological polar surface area (TPSA) is 43.4 Å². The van der Waals surface area contributed by atoms with Gasteiger partial charge in [0.2, 0.25) is 0 Å². The van der Waals surface area contributed by atoms with Gasteiger partial charge in [0, 0.05) is 23.0 Å². The lowest BCUT2D eigenvalue weighted by atomic mass is 10.2. The molecular formula is C14H15ClN2O2. The van der Waals surface area contributed by atoms with Crippen LogP contribution in [-0.4, -0.2) is 19.2 Å². The number of anilines is 1. The number of benzene rings is 1. The van der Waals surface area contributed by atoms with Gasteiger partial charge in [0.15, 0.2) is 11.5 Å². The minimum absolute atomic E-state index is 0.528. The lowest BCUT2D eigenvalue weighted by molar-refractivity contribution is 0.350. The second kappa shape index (κ2) is 6.29. The van der Waals surface area contributed by atoms with Crippen molar-refractivity contribution in [2.24, 2.45) is 0 Å². The lowest BCUT2D eigenvalue weighted by Crippen LogP contribution is -2.05. The van der Waals surface area contributed by atoms with Gasteiger partial charge in [-0.3, -0.25) is 4.98 Å². The molecule has 0 radical (unpaired) electrons. The molecule has 1 heterocycles. The SMILES string of the molecule is COc1ccnc(CNc2cccc(Cl)c2)c1OC. The molecule has 0 bridgehead atoms. The molecule has 2 rings (SSSR count). The van der Waals surface area contributed by atoms with Crippen molar-refractivity contribution in [2.75, 3.05) is 19.5 Å². The molecule has 0 aliphatic heterocycles. The minimum Gasteiger partial charge on any atom is -0.493 e. The molecule has 0 saturated heterocycles. The number of methoxy groups -OCH3 is 2. The maximum Gasteiger partial charge on any atom is 0.184 e. The van der Waals surface area contributed by atoms with E-state index < -0.39 is 0 Å². The summed E-state index contributed by atoms with van der Waals surface area (Å²) in [7, 11) is 3.20. The van der Waals surface area contributed by atoms with Crippen molar-refractivity contribution >= 4 is 17.3 Å². The molecule has 19 heavy (non-hydrogen) atoms. The molecule has 2 aromatic rings. The monoisotopic (exact) mass is 278 g/mol. The minimum atomic E-state index is 0.528. The van der Waals surface area contributed by atoms with Gasteiger partial charge >= 0.3 is 0 Å². The van der Waals surface area contributed by atoms with Crippen LogP contribution in [0.5, 0.6) is 11.5 Å². The summed E-state index contributed by atoms with van der Waals surface area (Å²) in [6.45, 7) is 0.528. The fourth-order valence-corrected chi connectivity index (χ4v) is 1.95. The Hall–Kier alpha value is -1.94. The van der Waals surface area contributed by atoms with E-state index in [9.17, 15) is 0 Å². The summed E-state index contributed by atoms with van der Waals surface area (Å²) >= 11 is 5.93. The molecule has 5 heteroatoms. The van der Waals surface area contributed by atoms with Crippen LogP contribution in [0.1, 0.15) is 5.69 Å². The number of hydrogen-bond donors (Lipinski definition) is 1. The molecule has 0 saturated carbocycles. The van der Waals surface area contributed by atoms with E-state index in [2.05, 4.69) is 10.3 Å². The average Bonchev–Trinajstić information content (AvgIpc) is 2.44. The van der Waals surface area contributed by atoms with E-state index in [4.69, 9.17) is 21.1 Å². The third kappa shape index (κ3) is 3.29. The van der Waals surface area contributed by atoms with Gasteiger partial charge in [-0.15, -0.1) is 0 Å². The summed E-state index contributed by atoms with van der Waals surface area (Å²) in [5, 5.41) is 3.94. The first-order valence-corrected chi connectivity index (χ1v) is 6.17. The number of rotatable bonds is 5. The van der Waals surface area contributed by atoms with E-state index in [0.717, 1.165) is 11.4 Å². The van der Waals surface area contributed by atoms with Gasteiger partial charge in [-0.25, -0.2) is 0 Å². The van der Waals surface area contributed by atoms with Crippen molar-refractivity contribution in [1.82, 2.24) is 4.98 Å². The van der Waals surface area contributed by atoms with Gasteiger partial charge in [0.1, 0.15) is 5.69 Å². The smallest absolute Gasteiger partial charge is 0.184 e. The normalized spacial score (nSPS) is 10.1. The standard InChI is InChI=1S/C14H15ClN2O2/c1-18-13-6-7-16-12(14(13)19-2)9-17-11-5-3-4-10(15)8-11/h3-8,17H,9H2,1-2H3. The van der Waals surface area contributed by atoms with Crippen molar-refractivity contribution in [3.8, 4) is 11.5 Å². The molecule has 1 N–H and O–H groups in total. The maximum absolute atomic E-state index is 5.93. The van der Waals surface area contributed by atoms with Crippen molar-refractivity contribution in [2.45, 2.75) is 6.54 Å². The highest BCUT2D eigenvalue weighted by molar-refractivity contribution is 6.30. The van der Waals surface area contributed by atoms with E-state index in [-0.39, 0.29) is 0 Å². The molecule has 0 atom stereocenters. The van der Waals surface area contributed by atoms with Gasteiger partial charge in [-0.1, -0.05) is 17.7 Å². The highest BCUT2D eigenvalue weighted by Crippen LogP contribution is 2.29. The van der Waals surface area contributed by atoms with Gasteiger partial charge in [0.25, 0.3) is 0 Å². The number of pyridine rings is 1. The first-order valence-electron chi connectivity index (χ1n) is 5.80. The molecule has 0 amide bonds. The van der Waals surface area contributed by atoms with Crippen LogP contribution in [0.2, 0.25) is 5.02 Å². The molecule has 4 nitrogen and oxygen atoms in total. The summed E-state index contributed by atoms with van der Waals surface area (Å²) in [6, 6.07) is 9.28. The Morgan fingerprint density at radius 1 is 1.21 bits per heavy atom. The predicted octanol–water partition coefficient (Wildman–Crippen LogP) is 3.36. The fraction of sp³-hybridized carbons (Fsp3) is 0.214. The summed E-state index contributed by atoms with van der Waals surface area (Å²) in [6.07, 6.45) is 1.69. The Morgan fingerprint density at radius 3 is 2.74 bits per heavy atom. The lowest BCUT2D eigenvalue weighted by Gasteiger charge is -2.12. The third-order valence-electron chi connectivity index (χ3n) is 2.65. The predicted molar refractivity (Wildman–Crippen MR) is 76.1 cm³/mol. The van der Waals surface area contributed by atoms with E-state index in [0.29, 0.717) is 23.1 Å². The zero-order valence-electron chi connectivity index (χ0n) is 10.8. The molecule has 0 fully saturated rings. The number of ether oxygens (including phenoxy) is 2. The highest BCUT2D eigenvalue weighted by atomic mass is 35.5. The van der Waals surface area contributed by atoms with Gasteiger partial charge in [0.05, 0.1) is 20.8 Å². The van der Waals surface area contributed by atoms with Gasteiger partial charge in [-0.05, 0) is 18.2 Å². The first-order chi connectivity index (χ1) is 9.24. The summed E-state index contributed by atoms with van der Waals surface area (Å²) < 4.78 is 10.6. The fourth-order valence-electron chi connectivity index (χ4n) is 1.76. The number of hydrogen-bond acceptors (Lipinski definition) is 4. The van der Waals surface area contributed by atoms with Crippen molar-refractivity contribution in [3.05, 3.63) is 47.2 Å². The van der Waals surface area contributed by atoms with Crippen LogP contribution >= 0.6 is 11.6 Å². The van der Waals surface area contributed by atoms with Crippen LogP contribution in [0, 0.1) is 0 Å². The van der Waals surface area contributed by atoms with E-state index >= 15 is 0 Å². The Bertz CT molecular complexity index is 561. The van der Waals surface area contributed by atoms with Gasteiger partial charge in [-0.2, -0.15) is 0 Å². The Labute approximate surface area is 117 Å². The van der Waals surface area contributed by atoms with Crippen LogP contribution in [0.25, 0.3) is 0 Å². The molecule has 100 valence electrons. The number of aromatic nitrogens is 1. The van der Waals surface area contributed by atoms with Crippen LogP contribution in [-0.2, 0) is 6.54 Å². The maximum atomic E-state index is 5.93. The van der Waals surface area contributed by atoms with Gasteiger partial charge < -0.3 is 14.8 Å². The number of nitrogens with zero attached hydrogens (tertiary/aromatic N) is 1. The Kier molecular flexibility index (Phi) is 4.47. The highest BCUT2D eigenvalue weighted by Gasteiger charge is 2.10. The first kappa shape index (κ1) is 13.5. The average molecular weight is 279 g/mol. The second-order valence-electron chi connectivity index (χ2n) is 3.86. The molecule has 0 unspecified atom stereocenters. The van der Waals surface area contributed by atoms with Crippen molar-refractivity contribution < 1.29 is 9.47 Å². The molecular weight excluding hydrogens is 264 g/mol. The number of halogens is 1. The quantitative estimate of drug-likeness (QED) is 0.911. The van der Waals surface area contributed by atoms with Crippen LogP contribution < -0.4 is 14.8 Å². The van der Waals surface area contributed by atoms with Crippen LogP contribution in [0.4, 0.5) is 5.69 Å².